The molecular formula is C40H71N5O11. The summed E-state index contributed by atoms with van der Waals surface area (Å²) in [4.78, 5) is 94.5. The summed E-state index contributed by atoms with van der Waals surface area (Å²) in [7, 11) is 0. The summed E-state index contributed by atoms with van der Waals surface area (Å²) in [5.41, 5.74) is 0. The van der Waals surface area contributed by atoms with Crippen LogP contribution in [0.15, 0.2) is 0 Å². The van der Waals surface area contributed by atoms with Crippen LogP contribution in [0.2, 0.25) is 0 Å². The molecule has 0 radical (unpaired) electrons. The average Bonchev–Trinajstić information content (AvgIpc) is 3.14. The number of hydrogen-bond donors (Lipinski definition) is 8. The van der Waals surface area contributed by atoms with Gasteiger partial charge in [0, 0.05) is 58.2 Å². The Morgan fingerprint density at radius 3 is 1.04 bits per heavy atom. The van der Waals surface area contributed by atoms with Crippen LogP contribution in [0, 0.1) is 0 Å². The lowest BCUT2D eigenvalue weighted by Crippen LogP contribution is -2.42. The number of unbranched alkanes of at least 4 members (excludes halogenated alkanes) is 14. The zero-order valence-corrected chi connectivity index (χ0v) is 33.8. The topological polar surface area (TPSA) is 257 Å². The maximum atomic E-state index is 12.3. The molecule has 0 aromatic carbocycles. The molecule has 0 unspecified atom stereocenters. The SMILES string of the molecule is CCCCNC(=O)CCCNC(=O)CC[C@H](NC(=O)CCCNC(=O)CC[C@H](NC(=O)CCCCCCCCCCCCCCCCC(=O)O)C(=O)O)C(=O)O. The number of carbonyl (C=O) groups is 8. The summed E-state index contributed by atoms with van der Waals surface area (Å²) in [6.07, 6.45) is 17.5. The van der Waals surface area contributed by atoms with Crippen molar-refractivity contribution in [2.75, 3.05) is 19.6 Å². The van der Waals surface area contributed by atoms with Gasteiger partial charge in [0.15, 0.2) is 0 Å². The number of carbonyl (C=O) groups excluding carboxylic acids is 5. The third-order valence-corrected chi connectivity index (χ3v) is 9.29. The van der Waals surface area contributed by atoms with E-state index in [1.165, 1.54) is 32.1 Å². The van der Waals surface area contributed by atoms with Gasteiger partial charge >= 0.3 is 17.9 Å². The normalized spacial score (nSPS) is 11.9. The van der Waals surface area contributed by atoms with Gasteiger partial charge < -0.3 is 41.9 Å². The minimum atomic E-state index is -1.28. The molecule has 8 N–H and O–H groups in total. The average molecular weight is 798 g/mol. The van der Waals surface area contributed by atoms with Gasteiger partial charge in [0.2, 0.25) is 29.5 Å². The standard InChI is InChI=1S/C40H71N5O11/c1-2-3-28-41-33(46)21-18-29-42-34(47)27-25-32(40(55)56)45-37(50)22-19-30-43-35(48)26-24-31(39(53)54)44-36(49)20-16-14-12-10-8-6-4-5-7-9-11-13-15-17-23-38(51)52/h31-32H,2-30H2,1H3,(H,41,46)(H,42,47)(H,43,48)(H,44,49)(H,45,50)(H,51,52)(H,53,54)(H,55,56)/t31-,32-/m0/s1. The van der Waals surface area contributed by atoms with Crippen LogP contribution < -0.4 is 26.6 Å². The Labute approximate surface area is 332 Å². The first-order chi connectivity index (χ1) is 26.8. The van der Waals surface area contributed by atoms with Gasteiger partial charge in [-0.3, -0.25) is 28.8 Å². The minimum absolute atomic E-state index is 0.0781. The Hall–Kier alpha value is -4.24. The first kappa shape index (κ1) is 51.8. The van der Waals surface area contributed by atoms with Gasteiger partial charge in [-0.15, -0.1) is 0 Å². The maximum Gasteiger partial charge on any atom is 0.326 e. The Kier molecular flexibility index (Phi) is 32.5. The van der Waals surface area contributed by atoms with Crippen molar-refractivity contribution in [2.45, 2.75) is 186 Å². The Morgan fingerprint density at radius 1 is 0.375 bits per heavy atom. The van der Waals surface area contributed by atoms with E-state index in [0.717, 1.165) is 64.2 Å². The number of carboxylic acid groups (broad SMARTS) is 3. The molecular weight excluding hydrogens is 726 g/mol. The quantitative estimate of drug-likeness (QED) is 0.0397. The highest BCUT2D eigenvalue weighted by Gasteiger charge is 2.22. The van der Waals surface area contributed by atoms with Gasteiger partial charge in [-0.1, -0.05) is 90.4 Å². The summed E-state index contributed by atoms with van der Waals surface area (Å²) < 4.78 is 0. The van der Waals surface area contributed by atoms with Crippen LogP contribution in [0.1, 0.15) is 174 Å². The molecule has 0 aliphatic rings. The molecule has 0 heterocycles. The molecule has 0 aliphatic carbocycles. The number of carboxylic acids is 3. The third kappa shape index (κ3) is 33.1. The van der Waals surface area contributed by atoms with Crippen LogP contribution in [-0.4, -0.2) is 94.5 Å². The van der Waals surface area contributed by atoms with Crippen LogP contribution in [0.25, 0.3) is 0 Å². The van der Waals surface area contributed by atoms with Crippen LogP contribution in [0.4, 0.5) is 0 Å². The second-order valence-corrected chi connectivity index (χ2v) is 14.4. The van der Waals surface area contributed by atoms with Crippen molar-refractivity contribution in [1.82, 2.24) is 26.6 Å². The van der Waals surface area contributed by atoms with Crippen molar-refractivity contribution in [1.29, 1.82) is 0 Å². The van der Waals surface area contributed by atoms with Crippen molar-refractivity contribution in [3.8, 4) is 0 Å². The Balaban J connectivity index is 4.03. The van der Waals surface area contributed by atoms with E-state index < -0.39 is 41.8 Å². The van der Waals surface area contributed by atoms with E-state index in [1.54, 1.807) is 0 Å². The highest BCUT2D eigenvalue weighted by Crippen LogP contribution is 2.14. The molecule has 0 aliphatic heterocycles. The van der Waals surface area contributed by atoms with Gasteiger partial charge in [-0.2, -0.15) is 0 Å². The fraction of sp³-hybridized carbons (Fsp3) is 0.800. The lowest BCUT2D eigenvalue weighted by molar-refractivity contribution is -0.142. The third-order valence-electron chi connectivity index (χ3n) is 9.29. The van der Waals surface area contributed by atoms with Gasteiger partial charge in [-0.25, -0.2) is 9.59 Å². The van der Waals surface area contributed by atoms with Gasteiger partial charge in [0.1, 0.15) is 12.1 Å². The van der Waals surface area contributed by atoms with Crippen LogP contribution in [0.5, 0.6) is 0 Å². The first-order valence-electron chi connectivity index (χ1n) is 20.9. The minimum Gasteiger partial charge on any atom is -0.481 e. The van der Waals surface area contributed by atoms with E-state index in [1.807, 2.05) is 6.92 Å². The molecule has 0 aromatic heterocycles. The van der Waals surface area contributed by atoms with Crippen molar-refractivity contribution >= 4 is 47.4 Å². The molecule has 0 fully saturated rings. The fourth-order valence-corrected chi connectivity index (χ4v) is 5.90. The second-order valence-electron chi connectivity index (χ2n) is 14.4. The molecule has 322 valence electrons. The van der Waals surface area contributed by atoms with Crippen molar-refractivity contribution in [3.63, 3.8) is 0 Å². The molecule has 16 nitrogen and oxygen atoms in total. The zero-order valence-electron chi connectivity index (χ0n) is 33.8. The molecule has 0 bridgehead atoms. The smallest absolute Gasteiger partial charge is 0.326 e. The fourth-order valence-electron chi connectivity index (χ4n) is 5.90. The van der Waals surface area contributed by atoms with Crippen molar-refractivity contribution in [3.05, 3.63) is 0 Å². The number of aliphatic carboxylic acids is 3. The lowest BCUT2D eigenvalue weighted by atomic mass is 10.0. The number of amides is 5. The van der Waals surface area contributed by atoms with Crippen LogP contribution >= 0.6 is 0 Å². The molecule has 0 saturated heterocycles. The molecule has 0 aromatic rings. The molecule has 0 rings (SSSR count). The predicted octanol–water partition coefficient (Wildman–Crippen LogP) is 4.72. The Bertz CT molecular complexity index is 1170. The second kappa shape index (κ2) is 35.2. The van der Waals surface area contributed by atoms with E-state index in [9.17, 15) is 48.6 Å². The Morgan fingerprint density at radius 2 is 0.679 bits per heavy atom. The predicted molar refractivity (Wildman–Crippen MR) is 212 cm³/mol. The highest BCUT2D eigenvalue weighted by molar-refractivity contribution is 5.85. The molecule has 0 spiro atoms. The summed E-state index contributed by atoms with van der Waals surface area (Å²) in [6.45, 7) is 3.01. The number of nitrogens with one attached hydrogen (secondary N) is 5. The molecule has 16 heteroatoms. The summed E-state index contributed by atoms with van der Waals surface area (Å²) in [5.74, 6) is -5.09. The van der Waals surface area contributed by atoms with E-state index in [-0.39, 0.29) is 88.6 Å². The highest BCUT2D eigenvalue weighted by atomic mass is 16.4. The van der Waals surface area contributed by atoms with E-state index >= 15 is 0 Å². The van der Waals surface area contributed by atoms with Gasteiger partial charge in [0.05, 0.1) is 0 Å². The van der Waals surface area contributed by atoms with Crippen molar-refractivity contribution in [2.24, 2.45) is 0 Å². The van der Waals surface area contributed by atoms with E-state index in [0.29, 0.717) is 19.4 Å². The zero-order chi connectivity index (χ0) is 41.8. The number of rotatable bonds is 38. The van der Waals surface area contributed by atoms with E-state index in [2.05, 4.69) is 26.6 Å². The lowest BCUT2D eigenvalue weighted by Gasteiger charge is -2.15. The monoisotopic (exact) mass is 798 g/mol. The van der Waals surface area contributed by atoms with E-state index in [4.69, 9.17) is 5.11 Å². The van der Waals surface area contributed by atoms with Crippen molar-refractivity contribution < 1.29 is 53.7 Å². The van der Waals surface area contributed by atoms with Gasteiger partial charge in [0.25, 0.3) is 0 Å². The summed E-state index contributed by atoms with van der Waals surface area (Å²) in [6, 6.07) is -2.47. The largest absolute Gasteiger partial charge is 0.481 e. The summed E-state index contributed by atoms with van der Waals surface area (Å²) in [5, 5.41) is 40.5. The molecule has 2 atom stereocenters. The molecule has 0 saturated carbocycles. The van der Waals surface area contributed by atoms with Crippen LogP contribution in [0.3, 0.4) is 0 Å². The van der Waals surface area contributed by atoms with Crippen LogP contribution in [-0.2, 0) is 38.4 Å². The number of hydrogen-bond acceptors (Lipinski definition) is 8. The molecule has 5 amide bonds. The molecule has 56 heavy (non-hydrogen) atoms. The van der Waals surface area contributed by atoms with Gasteiger partial charge in [-0.05, 0) is 44.9 Å². The first-order valence-corrected chi connectivity index (χ1v) is 20.9. The maximum absolute atomic E-state index is 12.3. The summed E-state index contributed by atoms with van der Waals surface area (Å²) >= 11 is 0.